The van der Waals surface area contributed by atoms with Crippen molar-refractivity contribution >= 4 is 43.2 Å². The Morgan fingerprint density at radius 2 is 2.05 bits per heavy atom. The van der Waals surface area contributed by atoms with E-state index < -0.39 is 0 Å². The number of hydrogen-bond acceptors (Lipinski definition) is 3. The molecule has 2 aromatic carbocycles. The fourth-order valence-corrected chi connectivity index (χ4v) is 3.09. The summed E-state index contributed by atoms with van der Waals surface area (Å²) in [4.78, 5) is 4.53. The van der Waals surface area contributed by atoms with Gasteiger partial charge >= 0.3 is 0 Å². The molecule has 0 spiro atoms. The number of fused-ring (bicyclic) bond motifs is 1. The Bertz CT molecular complexity index is 693. The van der Waals surface area contributed by atoms with Crippen LogP contribution in [0.3, 0.4) is 0 Å². The number of benzene rings is 2. The molecule has 2 nitrogen and oxygen atoms in total. The highest BCUT2D eigenvalue weighted by atomic mass is 79.9. The van der Waals surface area contributed by atoms with Gasteiger partial charge < -0.3 is 5.32 Å². The van der Waals surface area contributed by atoms with Crippen molar-refractivity contribution in [2.75, 3.05) is 5.32 Å². The summed E-state index contributed by atoms with van der Waals surface area (Å²) < 4.78 is 15.2. The highest BCUT2D eigenvalue weighted by Gasteiger charge is 2.05. The highest BCUT2D eigenvalue weighted by Crippen LogP contribution is 2.26. The van der Waals surface area contributed by atoms with Crippen LogP contribution in [0, 0.1) is 5.82 Å². The molecule has 0 aliphatic rings. The molecule has 0 bridgehead atoms. The van der Waals surface area contributed by atoms with Crippen molar-refractivity contribution in [3.05, 3.63) is 57.8 Å². The van der Waals surface area contributed by atoms with Gasteiger partial charge in [-0.3, -0.25) is 0 Å². The molecule has 0 radical (unpaired) electrons. The first-order valence-corrected chi connectivity index (χ1v) is 7.37. The summed E-state index contributed by atoms with van der Waals surface area (Å²) in [5, 5.41) is 4.18. The molecule has 5 heteroatoms. The number of thiazole rings is 1. The molecular weight excluding hydrogens is 327 g/mol. The number of anilines is 1. The SMILES string of the molecule is Fc1ccc(Br)c(NCc2nc3ccccc3s2)c1. The van der Waals surface area contributed by atoms with Gasteiger partial charge in [0.2, 0.25) is 0 Å². The molecule has 19 heavy (non-hydrogen) atoms. The number of para-hydroxylation sites is 1. The van der Waals surface area contributed by atoms with E-state index in [-0.39, 0.29) is 5.82 Å². The van der Waals surface area contributed by atoms with Gasteiger partial charge in [0.15, 0.2) is 0 Å². The quantitative estimate of drug-likeness (QED) is 0.742. The zero-order valence-corrected chi connectivity index (χ0v) is 12.3. The van der Waals surface area contributed by atoms with Crippen LogP contribution in [0.15, 0.2) is 46.9 Å². The number of nitrogens with zero attached hydrogens (tertiary/aromatic N) is 1. The van der Waals surface area contributed by atoms with Gasteiger partial charge in [-0.15, -0.1) is 11.3 Å². The van der Waals surface area contributed by atoms with Gasteiger partial charge in [0, 0.05) is 4.47 Å². The Morgan fingerprint density at radius 3 is 2.89 bits per heavy atom. The average molecular weight is 337 g/mol. The molecule has 0 fully saturated rings. The van der Waals surface area contributed by atoms with E-state index in [0.717, 1.165) is 25.4 Å². The van der Waals surface area contributed by atoms with Crippen LogP contribution in [-0.2, 0) is 6.54 Å². The van der Waals surface area contributed by atoms with Crippen LogP contribution >= 0.6 is 27.3 Å². The summed E-state index contributed by atoms with van der Waals surface area (Å²) in [7, 11) is 0. The maximum atomic E-state index is 13.2. The van der Waals surface area contributed by atoms with Crippen LogP contribution in [0.2, 0.25) is 0 Å². The lowest BCUT2D eigenvalue weighted by Crippen LogP contribution is -1.99. The van der Waals surface area contributed by atoms with Crippen molar-refractivity contribution in [1.82, 2.24) is 4.98 Å². The van der Waals surface area contributed by atoms with Crippen molar-refractivity contribution in [3.8, 4) is 0 Å². The highest BCUT2D eigenvalue weighted by molar-refractivity contribution is 9.10. The molecule has 0 unspecified atom stereocenters. The first-order chi connectivity index (χ1) is 9.22. The van der Waals surface area contributed by atoms with E-state index in [1.54, 1.807) is 17.4 Å². The van der Waals surface area contributed by atoms with Gasteiger partial charge in [-0.25, -0.2) is 9.37 Å². The van der Waals surface area contributed by atoms with Crippen LogP contribution in [-0.4, -0.2) is 4.98 Å². The number of hydrogen-bond donors (Lipinski definition) is 1. The van der Waals surface area contributed by atoms with Crippen molar-refractivity contribution in [1.29, 1.82) is 0 Å². The van der Waals surface area contributed by atoms with E-state index in [2.05, 4.69) is 32.3 Å². The maximum absolute atomic E-state index is 13.2. The fraction of sp³-hybridized carbons (Fsp3) is 0.0714. The molecule has 3 aromatic rings. The lowest BCUT2D eigenvalue weighted by Gasteiger charge is -2.06. The molecule has 1 aromatic heterocycles. The Balaban J connectivity index is 1.80. The van der Waals surface area contributed by atoms with Crippen molar-refractivity contribution < 1.29 is 4.39 Å². The molecular formula is C14H10BrFN2S. The van der Waals surface area contributed by atoms with E-state index in [4.69, 9.17) is 0 Å². The summed E-state index contributed by atoms with van der Waals surface area (Å²) >= 11 is 5.04. The van der Waals surface area contributed by atoms with Crippen LogP contribution in [0.5, 0.6) is 0 Å². The third-order valence-corrected chi connectivity index (χ3v) is 4.42. The Hall–Kier alpha value is -1.46. The first kappa shape index (κ1) is 12.6. The van der Waals surface area contributed by atoms with Gasteiger partial charge in [-0.2, -0.15) is 0 Å². The number of aromatic nitrogens is 1. The molecule has 96 valence electrons. The minimum absolute atomic E-state index is 0.255. The fourth-order valence-electron chi connectivity index (χ4n) is 1.80. The van der Waals surface area contributed by atoms with E-state index in [0.29, 0.717) is 6.54 Å². The van der Waals surface area contributed by atoms with Gasteiger partial charge in [-0.05, 0) is 46.3 Å². The number of rotatable bonds is 3. The Labute approximate surface area is 122 Å². The first-order valence-electron chi connectivity index (χ1n) is 5.76. The lowest BCUT2D eigenvalue weighted by molar-refractivity contribution is 0.628. The second-order valence-electron chi connectivity index (χ2n) is 4.05. The summed E-state index contributed by atoms with van der Waals surface area (Å²) in [6, 6.07) is 12.6. The van der Waals surface area contributed by atoms with Crippen molar-refractivity contribution in [2.45, 2.75) is 6.54 Å². The predicted molar refractivity (Wildman–Crippen MR) is 81.0 cm³/mol. The Morgan fingerprint density at radius 1 is 1.21 bits per heavy atom. The largest absolute Gasteiger partial charge is 0.378 e. The molecule has 0 atom stereocenters. The zero-order chi connectivity index (χ0) is 13.2. The second kappa shape index (κ2) is 5.27. The number of nitrogens with one attached hydrogen (secondary N) is 1. The van der Waals surface area contributed by atoms with E-state index in [9.17, 15) is 4.39 Å². The summed E-state index contributed by atoms with van der Waals surface area (Å²) in [6.45, 7) is 0.585. The van der Waals surface area contributed by atoms with Gasteiger partial charge in [0.25, 0.3) is 0 Å². The second-order valence-corrected chi connectivity index (χ2v) is 6.02. The molecule has 3 rings (SSSR count). The van der Waals surface area contributed by atoms with Crippen LogP contribution in [0.4, 0.5) is 10.1 Å². The van der Waals surface area contributed by atoms with E-state index in [1.165, 1.54) is 12.1 Å². The van der Waals surface area contributed by atoms with Crippen molar-refractivity contribution in [2.24, 2.45) is 0 Å². The lowest BCUT2D eigenvalue weighted by atomic mass is 10.3. The summed E-state index contributed by atoms with van der Waals surface area (Å²) in [5.41, 5.74) is 1.74. The molecule has 0 saturated heterocycles. The van der Waals surface area contributed by atoms with Crippen molar-refractivity contribution in [3.63, 3.8) is 0 Å². The minimum atomic E-state index is -0.255. The normalized spacial score (nSPS) is 10.8. The minimum Gasteiger partial charge on any atom is -0.378 e. The van der Waals surface area contributed by atoms with E-state index >= 15 is 0 Å². The standard InChI is InChI=1S/C14H10BrFN2S/c15-10-6-5-9(16)7-12(10)17-8-14-18-11-3-1-2-4-13(11)19-14/h1-7,17H,8H2. The van der Waals surface area contributed by atoms with Crippen LogP contribution in [0.1, 0.15) is 5.01 Å². The summed E-state index contributed by atoms with van der Waals surface area (Å²) in [5.74, 6) is -0.255. The summed E-state index contributed by atoms with van der Waals surface area (Å²) in [6.07, 6.45) is 0. The third-order valence-electron chi connectivity index (χ3n) is 2.70. The molecule has 1 N–H and O–H groups in total. The topological polar surface area (TPSA) is 24.9 Å². The maximum Gasteiger partial charge on any atom is 0.125 e. The van der Waals surface area contributed by atoms with Crippen LogP contribution < -0.4 is 5.32 Å². The monoisotopic (exact) mass is 336 g/mol. The smallest absolute Gasteiger partial charge is 0.125 e. The van der Waals surface area contributed by atoms with E-state index in [1.807, 2.05) is 18.2 Å². The van der Waals surface area contributed by atoms with Gasteiger partial charge in [-0.1, -0.05) is 12.1 Å². The van der Waals surface area contributed by atoms with Gasteiger partial charge in [0.1, 0.15) is 10.8 Å². The Kier molecular flexibility index (Phi) is 3.48. The molecule has 0 aliphatic heterocycles. The molecule has 1 heterocycles. The molecule has 0 saturated carbocycles. The number of halogens is 2. The predicted octanol–water partition coefficient (Wildman–Crippen LogP) is 4.81. The molecule has 0 aliphatic carbocycles. The zero-order valence-electron chi connectivity index (χ0n) is 9.86. The molecule has 0 amide bonds. The van der Waals surface area contributed by atoms with Crippen LogP contribution in [0.25, 0.3) is 10.2 Å². The third kappa shape index (κ3) is 2.77. The van der Waals surface area contributed by atoms with Gasteiger partial charge in [0.05, 0.1) is 22.4 Å². The average Bonchev–Trinajstić information content (AvgIpc) is 2.82.